The van der Waals surface area contributed by atoms with Crippen LogP contribution in [0.25, 0.3) is 0 Å². The predicted molar refractivity (Wildman–Crippen MR) is 63.3 cm³/mol. The van der Waals surface area contributed by atoms with Crippen LogP contribution in [0.1, 0.15) is 38.5 Å². The Kier molecular flexibility index (Phi) is 3.00. The summed E-state index contributed by atoms with van der Waals surface area (Å²) in [5.74, 6) is 0.717. The van der Waals surface area contributed by atoms with E-state index in [2.05, 4.69) is 22.6 Å². The maximum atomic E-state index is 11.3. The molecule has 80 valence electrons. The molecule has 0 amide bonds. The SMILES string of the molecule is O=[N+]([O-])C12CCCCC1CCC2CI. The molecule has 0 heterocycles. The maximum absolute atomic E-state index is 11.3. The molecule has 3 atom stereocenters. The number of halogens is 1. The highest BCUT2D eigenvalue weighted by Crippen LogP contribution is 2.51. The third kappa shape index (κ3) is 1.37. The van der Waals surface area contributed by atoms with Crippen LogP contribution < -0.4 is 0 Å². The molecule has 0 aromatic heterocycles. The van der Waals surface area contributed by atoms with E-state index in [1.165, 1.54) is 6.42 Å². The van der Waals surface area contributed by atoms with Crippen LogP contribution in [0, 0.1) is 22.0 Å². The van der Waals surface area contributed by atoms with Gasteiger partial charge in [-0.1, -0.05) is 29.0 Å². The van der Waals surface area contributed by atoms with Crippen molar-refractivity contribution in [2.24, 2.45) is 11.8 Å². The summed E-state index contributed by atoms with van der Waals surface area (Å²) in [6.07, 6.45) is 6.36. The smallest absolute Gasteiger partial charge is 0.228 e. The summed E-state index contributed by atoms with van der Waals surface area (Å²) in [6.45, 7) is 0. The minimum atomic E-state index is -0.528. The molecule has 3 nitrogen and oxygen atoms in total. The highest BCUT2D eigenvalue weighted by Gasteiger charge is 2.60. The number of nitrogens with zero attached hydrogens (tertiary/aromatic N) is 1. The Morgan fingerprint density at radius 3 is 2.79 bits per heavy atom. The van der Waals surface area contributed by atoms with Gasteiger partial charge in [-0.25, -0.2) is 0 Å². The van der Waals surface area contributed by atoms with Gasteiger partial charge in [-0.3, -0.25) is 10.1 Å². The van der Waals surface area contributed by atoms with E-state index in [9.17, 15) is 10.1 Å². The van der Waals surface area contributed by atoms with E-state index in [4.69, 9.17) is 0 Å². The van der Waals surface area contributed by atoms with Crippen LogP contribution in [0.4, 0.5) is 0 Å². The van der Waals surface area contributed by atoms with Gasteiger partial charge in [0, 0.05) is 27.6 Å². The zero-order valence-corrected chi connectivity index (χ0v) is 10.4. The van der Waals surface area contributed by atoms with Crippen LogP contribution in [0.3, 0.4) is 0 Å². The molecule has 2 saturated carbocycles. The molecule has 0 aromatic rings. The molecule has 4 heteroatoms. The Labute approximate surface area is 97.9 Å². The molecule has 14 heavy (non-hydrogen) atoms. The average molecular weight is 309 g/mol. The number of hydrogen-bond acceptors (Lipinski definition) is 2. The zero-order valence-electron chi connectivity index (χ0n) is 8.25. The Balaban J connectivity index is 2.29. The van der Waals surface area contributed by atoms with Crippen LogP contribution in [0.15, 0.2) is 0 Å². The van der Waals surface area contributed by atoms with Gasteiger partial charge in [-0.15, -0.1) is 0 Å². The number of nitro groups is 1. The number of rotatable bonds is 2. The first kappa shape index (κ1) is 10.6. The molecule has 0 N–H and O–H groups in total. The molecule has 0 radical (unpaired) electrons. The van der Waals surface area contributed by atoms with Crippen LogP contribution >= 0.6 is 22.6 Å². The van der Waals surface area contributed by atoms with Gasteiger partial charge in [0.15, 0.2) is 0 Å². The third-order valence-electron chi connectivity index (χ3n) is 4.18. The maximum Gasteiger partial charge on any atom is 0.228 e. The van der Waals surface area contributed by atoms with Gasteiger partial charge in [0.05, 0.1) is 0 Å². The predicted octanol–water partition coefficient (Wildman–Crippen LogP) is 3.04. The lowest BCUT2D eigenvalue weighted by atomic mass is 9.72. The van der Waals surface area contributed by atoms with Crippen molar-refractivity contribution < 1.29 is 4.92 Å². The van der Waals surface area contributed by atoms with E-state index in [-0.39, 0.29) is 4.92 Å². The van der Waals surface area contributed by atoms with E-state index in [1.807, 2.05) is 0 Å². The van der Waals surface area contributed by atoms with Gasteiger partial charge in [0.2, 0.25) is 5.54 Å². The van der Waals surface area contributed by atoms with Crippen LogP contribution in [-0.4, -0.2) is 14.9 Å². The summed E-state index contributed by atoms with van der Waals surface area (Å²) >= 11 is 2.32. The van der Waals surface area contributed by atoms with Crippen molar-refractivity contribution in [3.8, 4) is 0 Å². The van der Waals surface area contributed by atoms with Crippen LogP contribution in [0.5, 0.6) is 0 Å². The molecule has 3 unspecified atom stereocenters. The van der Waals surface area contributed by atoms with Gasteiger partial charge >= 0.3 is 0 Å². The summed E-state index contributed by atoms with van der Waals surface area (Å²) in [4.78, 5) is 11.4. The molecular weight excluding hydrogens is 293 g/mol. The van der Waals surface area contributed by atoms with Crippen molar-refractivity contribution in [3.05, 3.63) is 10.1 Å². The first-order chi connectivity index (χ1) is 6.71. The van der Waals surface area contributed by atoms with Crippen molar-refractivity contribution in [3.63, 3.8) is 0 Å². The molecule has 2 aliphatic carbocycles. The zero-order chi connectivity index (χ0) is 10.2. The van der Waals surface area contributed by atoms with Gasteiger partial charge in [-0.05, 0) is 25.7 Å². The molecule has 0 saturated heterocycles. The Hall–Kier alpha value is 0.130. The molecule has 0 spiro atoms. The van der Waals surface area contributed by atoms with Gasteiger partial charge < -0.3 is 0 Å². The number of fused-ring (bicyclic) bond motifs is 1. The normalized spacial score (nSPS) is 42.1. The monoisotopic (exact) mass is 309 g/mol. The molecule has 0 bridgehead atoms. The van der Waals surface area contributed by atoms with E-state index < -0.39 is 5.54 Å². The van der Waals surface area contributed by atoms with Crippen molar-refractivity contribution in [2.75, 3.05) is 4.43 Å². The minimum Gasteiger partial charge on any atom is -0.264 e. The summed E-state index contributed by atoms with van der Waals surface area (Å²) < 4.78 is 0.954. The van der Waals surface area contributed by atoms with Gasteiger partial charge in [0.25, 0.3) is 0 Å². The fourth-order valence-electron chi connectivity index (χ4n) is 3.44. The highest BCUT2D eigenvalue weighted by atomic mass is 127. The number of hydrogen-bond donors (Lipinski definition) is 0. The van der Waals surface area contributed by atoms with Gasteiger partial charge in [-0.2, -0.15) is 0 Å². The standard InChI is InChI=1S/C10H16INO2/c11-7-9-5-4-8-3-1-2-6-10(8,9)12(13)14/h8-9H,1-7H2. The first-order valence-corrected chi connectivity index (χ1v) is 6.95. The molecule has 2 aliphatic rings. The highest BCUT2D eigenvalue weighted by molar-refractivity contribution is 14.1. The second-order valence-electron chi connectivity index (χ2n) is 4.62. The summed E-state index contributed by atoms with van der Waals surface area (Å²) in [5.41, 5.74) is -0.528. The second kappa shape index (κ2) is 3.94. The fraction of sp³-hybridized carbons (Fsp3) is 1.00. The van der Waals surface area contributed by atoms with E-state index in [0.717, 1.165) is 36.5 Å². The molecule has 0 aliphatic heterocycles. The third-order valence-corrected chi connectivity index (χ3v) is 5.25. The van der Waals surface area contributed by atoms with Crippen LogP contribution in [-0.2, 0) is 0 Å². The quantitative estimate of drug-likeness (QED) is 0.340. The second-order valence-corrected chi connectivity index (χ2v) is 5.50. The van der Waals surface area contributed by atoms with Gasteiger partial charge in [0.1, 0.15) is 0 Å². The fourth-order valence-corrected chi connectivity index (χ4v) is 4.64. The summed E-state index contributed by atoms with van der Waals surface area (Å²) in [6, 6.07) is 0. The minimum absolute atomic E-state index is 0.0627. The average Bonchev–Trinajstić information content (AvgIpc) is 2.57. The molecule has 2 rings (SSSR count). The lowest BCUT2D eigenvalue weighted by Gasteiger charge is -2.35. The Bertz CT molecular complexity index is 238. The van der Waals surface area contributed by atoms with Crippen molar-refractivity contribution in [1.29, 1.82) is 0 Å². The Morgan fingerprint density at radius 1 is 1.36 bits per heavy atom. The topological polar surface area (TPSA) is 43.1 Å². The van der Waals surface area contributed by atoms with E-state index in [1.54, 1.807) is 0 Å². The summed E-state index contributed by atoms with van der Waals surface area (Å²) in [5, 5.41) is 11.3. The lowest BCUT2D eigenvalue weighted by Crippen LogP contribution is -2.49. The Morgan fingerprint density at radius 2 is 2.14 bits per heavy atom. The number of alkyl halides is 1. The first-order valence-electron chi connectivity index (χ1n) is 5.42. The van der Waals surface area contributed by atoms with E-state index >= 15 is 0 Å². The lowest BCUT2D eigenvalue weighted by molar-refractivity contribution is -0.589. The molecular formula is C10H16INO2. The van der Waals surface area contributed by atoms with E-state index in [0.29, 0.717) is 11.8 Å². The molecule has 2 fully saturated rings. The largest absolute Gasteiger partial charge is 0.264 e. The van der Waals surface area contributed by atoms with Crippen molar-refractivity contribution in [1.82, 2.24) is 0 Å². The van der Waals surface area contributed by atoms with Crippen LogP contribution in [0.2, 0.25) is 0 Å². The van der Waals surface area contributed by atoms with Crippen molar-refractivity contribution in [2.45, 2.75) is 44.1 Å². The molecule has 0 aromatic carbocycles. The van der Waals surface area contributed by atoms with Crippen molar-refractivity contribution >= 4 is 22.6 Å². The summed E-state index contributed by atoms with van der Waals surface area (Å²) in [7, 11) is 0.